The molecule has 1 aliphatic heterocycles. The maximum Gasteiger partial charge on any atom is 0.416 e. The highest BCUT2D eigenvalue weighted by molar-refractivity contribution is 6.10. The molecule has 1 aromatic carbocycles. The van der Waals surface area contributed by atoms with Gasteiger partial charge in [0.1, 0.15) is 11.5 Å². The highest BCUT2D eigenvalue weighted by Crippen LogP contribution is 2.39. The maximum absolute atomic E-state index is 13.2. The molecule has 31 heavy (non-hydrogen) atoms. The predicted octanol–water partition coefficient (Wildman–Crippen LogP) is 4.18. The minimum atomic E-state index is -4.45. The van der Waals surface area contributed by atoms with Crippen LogP contribution in [0.15, 0.2) is 42.9 Å². The lowest BCUT2D eigenvalue weighted by Gasteiger charge is -2.28. The van der Waals surface area contributed by atoms with E-state index in [0.29, 0.717) is 17.8 Å². The second-order valence-electron chi connectivity index (χ2n) is 7.45. The fourth-order valence-corrected chi connectivity index (χ4v) is 3.64. The summed E-state index contributed by atoms with van der Waals surface area (Å²) in [6, 6.07) is 4.41. The zero-order valence-electron chi connectivity index (χ0n) is 16.6. The molecule has 0 saturated carbocycles. The Hall–Kier alpha value is -3.56. The van der Waals surface area contributed by atoms with E-state index in [1.807, 2.05) is 6.92 Å². The first-order valence-electron chi connectivity index (χ1n) is 9.54. The van der Waals surface area contributed by atoms with E-state index in [9.17, 15) is 22.8 Å². The summed E-state index contributed by atoms with van der Waals surface area (Å²) >= 11 is 0. The monoisotopic (exact) mass is 429 g/mol. The molecule has 0 aliphatic carbocycles. The topological polar surface area (TPSA) is 89.8 Å². The molecule has 2 aromatic heterocycles. The number of benzene rings is 1. The average Bonchev–Trinajstić information content (AvgIpc) is 3.15. The molecule has 3 heterocycles. The van der Waals surface area contributed by atoms with Crippen LogP contribution in [0.4, 0.5) is 18.9 Å². The summed E-state index contributed by atoms with van der Waals surface area (Å²) in [7, 11) is 0. The lowest BCUT2D eigenvalue weighted by atomic mass is 9.84. The largest absolute Gasteiger partial charge is 0.416 e. The molecular formula is C21H18F3N5O2. The molecule has 0 spiro atoms. The number of nitrogens with one attached hydrogen (secondary N) is 1. The quantitative estimate of drug-likeness (QED) is 0.675. The van der Waals surface area contributed by atoms with Crippen molar-refractivity contribution in [1.82, 2.24) is 19.7 Å². The van der Waals surface area contributed by atoms with Crippen molar-refractivity contribution in [2.45, 2.75) is 38.4 Å². The number of aromatic nitrogens is 4. The molecule has 0 fully saturated rings. The number of fused-ring (bicyclic) bond motifs is 1. The number of anilines is 1. The van der Waals surface area contributed by atoms with Crippen molar-refractivity contribution in [3.05, 3.63) is 71.1 Å². The van der Waals surface area contributed by atoms with E-state index in [1.54, 1.807) is 6.92 Å². The molecule has 0 saturated heterocycles. The first-order chi connectivity index (χ1) is 14.6. The van der Waals surface area contributed by atoms with Gasteiger partial charge in [0.05, 0.1) is 35.0 Å². The molecule has 0 bridgehead atoms. The number of amides is 1. The van der Waals surface area contributed by atoms with Gasteiger partial charge in [-0.3, -0.25) is 14.3 Å². The van der Waals surface area contributed by atoms with E-state index >= 15 is 0 Å². The van der Waals surface area contributed by atoms with Crippen molar-refractivity contribution >= 4 is 17.4 Å². The van der Waals surface area contributed by atoms with E-state index in [1.165, 1.54) is 35.4 Å². The van der Waals surface area contributed by atoms with E-state index in [2.05, 4.69) is 20.4 Å². The fraction of sp³-hybridized carbons (Fsp3) is 0.286. The highest BCUT2D eigenvalue weighted by Gasteiger charge is 2.37. The van der Waals surface area contributed by atoms with E-state index < -0.39 is 23.6 Å². The third-order valence-electron chi connectivity index (χ3n) is 5.27. The van der Waals surface area contributed by atoms with Crippen LogP contribution in [-0.4, -0.2) is 31.4 Å². The van der Waals surface area contributed by atoms with Gasteiger partial charge in [0.15, 0.2) is 5.78 Å². The van der Waals surface area contributed by atoms with Gasteiger partial charge in [-0.25, -0.2) is 9.97 Å². The van der Waals surface area contributed by atoms with Crippen molar-refractivity contribution in [3.63, 3.8) is 0 Å². The zero-order valence-corrected chi connectivity index (χ0v) is 16.6. The van der Waals surface area contributed by atoms with Gasteiger partial charge >= 0.3 is 6.18 Å². The number of halogens is 3. The zero-order chi connectivity index (χ0) is 22.3. The van der Waals surface area contributed by atoms with Crippen LogP contribution < -0.4 is 5.32 Å². The number of alkyl halides is 3. The van der Waals surface area contributed by atoms with Crippen molar-refractivity contribution in [2.75, 3.05) is 5.32 Å². The number of hydrogen-bond acceptors (Lipinski definition) is 5. The Morgan fingerprint density at radius 2 is 1.77 bits per heavy atom. The van der Waals surface area contributed by atoms with Gasteiger partial charge in [-0.15, -0.1) is 0 Å². The molecule has 160 valence electrons. The standard InChI is InChI=1S/C21H18F3N5O2/c1-11-7-16(13-3-5-15(6-4-13)21(22,23)24)19(30)18-17(10-27-29(11)18)28-20(31)14-8-25-12(2)26-9-14/h3-6,8-11,16H,7H2,1-2H3,(H,28,31)/t11-,16?/m0/s1. The SMILES string of the molecule is Cc1ncc(C(=O)Nc2cnn3c2C(=O)C(c2ccc(C(F)(F)F)cc2)C[C@@H]3C)cn1. The molecule has 0 radical (unpaired) electrons. The van der Waals surface area contributed by atoms with Gasteiger partial charge in [0.2, 0.25) is 0 Å². The van der Waals surface area contributed by atoms with Crippen molar-refractivity contribution < 1.29 is 22.8 Å². The van der Waals surface area contributed by atoms with Crippen LogP contribution in [0.2, 0.25) is 0 Å². The number of Topliss-reactive ketones (excluding diaryl/α,β-unsaturated/α-hetero) is 1. The van der Waals surface area contributed by atoms with Crippen LogP contribution in [0.5, 0.6) is 0 Å². The number of nitrogens with zero attached hydrogens (tertiary/aromatic N) is 4. The Morgan fingerprint density at radius 3 is 2.39 bits per heavy atom. The number of ketones is 1. The van der Waals surface area contributed by atoms with Crippen molar-refractivity contribution in [1.29, 1.82) is 0 Å². The first kappa shape index (κ1) is 20.7. The number of carbonyl (C=O) groups excluding carboxylic acids is 2. The molecular weight excluding hydrogens is 411 g/mol. The number of carbonyl (C=O) groups is 2. The lowest BCUT2D eigenvalue weighted by molar-refractivity contribution is -0.137. The van der Waals surface area contributed by atoms with Crippen molar-refractivity contribution in [3.8, 4) is 0 Å². The highest BCUT2D eigenvalue weighted by atomic mass is 19.4. The summed E-state index contributed by atoms with van der Waals surface area (Å²) in [5.41, 5.74) is 0.387. The third-order valence-corrected chi connectivity index (χ3v) is 5.27. The van der Waals surface area contributed by atoms with Gasteiger partial charge in [0, 0.05) is 12.4 Å². The fourth-order valence-electron chi connectivity index (χ4n) is 3.64. The Bertz CT molecular complexity index is 1140. The number of rotatable bonds is 3. The molecule has 1 unspecified atom stereocenters. The Labute approximate surface area is 175 Å². The van der Waals surface area contributed by atoms with Gasteiger partial charge < -0.3 is 5.32 Å². The minimum absolute atomic E-state index is 0.187. The Morgan fingerprint density at radius 1 is 1.13 bits per heavy atom. The molecule has 7 nitrogen and oxygen atoms in total. The normalized spacial score (nSPS) is 18.5. The molecule has 10 heteroatoms. The Kier molecular flexibility index (Phi) is 5.08. The summed E-state index contributed by atoms with van der Waals surface area (Å²) in [6.45, 7) is 3.55. The summed E-state index contributed by atoms with van der Waals surface area (Å²) in [4.78, 5) is 33.7. The minimum Gasteiger partial charge on any atom is -0.319 e. The molecule has 2 atom stereocenters. The van der Waals surface area contributed by atoms with E-state index in [4.69, 9.17) is 0 Å². The van der Waals surface area contributed by atoms with Crippen LogP contribution >= 0.6 is 0 Å². The van der Waals surface area contributed by atoms with Crippen LogP contribution in [-0.2, 0) is 6.18 Å². The molecule has 4 rings (SSSR count). The van der Waals surface area contributed by atoms with Gasteiger partial charge in [0.25, 0.3) is 5.91 Å². The molecule has 1 aliphatic rings. The van der Waals surface area contributed by atoms with E-state index in [0.717, 1.165) is 12.1 Å². The average molecular weight is 429 g/mol. The summed E-state index contributed by atoms with van der Waals surface area (Å²) in [6.07, 6.45) is 0.0915. The number of aryl methyl sites for hydroxylation is 1. The van der Waals surface area contributed by atoms with Crippen LogP contribution in [0, 0.1) is 6.92 Å². The van der Waals surface area contributed by atoms with Crippen molar-refractivity contribution in [2.24, 2.45) is 0 Å². The second kappa shape index (κ2) is 7.60. The lowest BCUT2D eigenvalue weighted by Crippen LogP contribution is -2.29. The predicted molar refractivity (Wildman–Crippen MR) is 105 cm³/mol. The van der Waals surface area contributed by atoms with Crippen LogP contribution in [0.1, 0.15) is 63.1 Å². The first-order valence-corrected chi connectivity index (χ1v) is 9.54. The summed E-state index contributed by atoms with van der Waals surface area (Å²) < 4.78 is 40.1. The van der Waals surface area contributed by atoms with Gasteiger partial charge in [-0.05, 0) is 38.0 Å². The molecule has 1 N–H and O–H groups in total. The molecule has 3 aromatic rings. The summed E-state index contributed by atoms with van der Waals surface area (Å²) in [5, 5.41) is 6.89. The van der Waals surface area contributed by atoms with Gasteiger partial charge in [-0.2, -0.15) is 18.3 Å². The van der Waals surface area contributed by atoms with Gasteiger partial charge in [-0.1, -0.05) is 12.1 Å². The second-order valence-corrected chi connectivity index (χ2v) is 7.45. The molecule has 1 amide bonds. The summed E-state index contributed by atoms with van der Waals surface area (Å²) in [5.74, 6) is -0.929. The van der Waals surface area contributed by atoms with E-state index in [-0.39, 0.29) is 28.8 Å². The smallest absolute Gasteiger partial charge is 0.319 e. The number of hydrogen-bond donors (Lipinski definition) is 1. The van der Waals surface area contributed by atoms with Crippen LogP contribution in [0.25, 0.3) is 0 Å². The third kappa shape index (κ3) is 3.92. The Balaban J connectivity index is 1.62. The maximum atomic E-state index is 13.2. The van der Waals surface area contributed by atoms with Crippen LogP contribution in [0.3, 0.4) is 0 Å².